The van der Waals surface area contributed by atoms with Crippen molar-refractivity contribution in [3.05, 3.63) is 12.7 Å². The number of carbonyl (C=O) groups is 1. The number of rotatable bonds is 4. The Morgan fingerprint density at radius 1 is 1.00 bits per heavy atom. The molecule has 2 rings (SSSR count). The molecule has 0 radical (unpaired) electrons. The molecule has 19 heavy (non-hydrogen) atoms. The summed E-state index contributed by atoms with van der Waals surface area (Å²) >= 11 is 0. The van der Waals surface area contributed by atoms with Crippen molar-refractivity contribution in [3.8, 4) is 0 Å². The minimum absolute atomic E-state index is 0. The molecule has 2 nitrogen and oxygen atoms in total. The molecule has 0 aromatic rings. The third-order valence-corrected chi connectivity index (χ3v) is 5.18. The van der Waals surface area contributed by atoms with Crippen LogP contribution in [0.4, 0.5) is 0 Å². The molecule has 110 valence electrons. The minimum Gasteiger partial charge on any atom is -0.481 e. The summed E-state index contributed by atoms with van der Waals surface area (Å²) in [6.45, 7) is 3.83. The molecule has 1 N–H and O–H groups in total. The first-order chi connectivity index (χ1) is 8.70. The van der Waals surface area contributed by atoms with E-state index in [4.69, 9.17) is 5.11 Å². The molecule has 0 unspecified atom stereocenters. The second kappa shape index (κ2) is 7.94. The summed E-state index contributed by atoms with van der Waals surface area (Å²) < 4.78 is 0. The van der Waals surface area contributed by atoms with Crippen molar-refractivity contribution in [2.45, 2.75) is 57.8 Å². The Hall–Kier alpha value is -0.500. The zero-order valence-corrected chi connectivity index (χ0v) is 12.5. The first kappa shape index (κ1) is 16.6. The van der Waals surface area contributed by atoms with Crippen LogP contribution in [0.3, 0.4) is 0 Å². The van der Waals surface area contributed by atoms with Crippen LogP contribution in [0.5, 0.6) is 0 Å². The summed E-state index contributed by atoms with van der Waals surface area (Å²) in [6.07, 6.45) is 12.8. The molecule has 0 aliphatic heterocycles. The van der Waals surface area contributed by atoms with Gasteiger partial charge in [0.05, 0.1) is 5.92 Å². The highest BCUT2D eigenvalue weighted by Crippen LogP contribution is 2.41. The van der Waals surface area contributed by atoms with Crippen LogP contribution in [0.2, 0.25) is 0 Å². The molecule has 2 fully saturated rings. The zero-order chi connectivity index (χ0) is 13.0. The highest BCUT2D eigenvalue weighted by Gasteiger charge is 2.32. The lowest BCUT2D eigenvalue weighted by Crippen LogP contribution is -2.28. The lowest BCUT2D eigenvalue weighted by Gasteiger charge is -2.37. The van der Waals surface area contributed by atoms with E-state index in [0.29, 0.717) is 0 Å². The normalized spacial score (nSPS) is 35.2. The summed E-state index contributed by atoms with van der Waals surface area (Å²) in [6, 6.07) is 0. The molecule has 0 atom stereocenters. The first-order valence-corrected chi connectivity index (χ1v) is 7.54. The number of hydrogen-bond acceptors (Lipinski definition) is 1. The summed E-state index contributed by atoms with van der Waals surface area (Å²) in [4.78, 5) is 10.9. The van der Waals surface area contributed by atoms with Gasteiger partial charge in [0.2, 0.25) is 0 Å². The number of aliphatic carboxylic acids is 1. The Labute approximate surface area is 123 Å². The van der Waals surface area contributed by atoms with Crippen molar-refractivity contribution in [3.63, 3.8) is 0 Å². The Kier molecular flexibility index (Phi) is 6.92. The van der Waals surface area contributed by atoms with Crippen LogP contribution in [0, 0.1) is 23.7 Å². The second-order valence-electron chi connectivity index (χ2n) is 6.26. The van der Waals surface area contributed by atoms with E-state index < -0.39 is 5.97 Å². The van der Waals surface area contributed by atoms with Gasteiger partial charge in [-0.1, -0.05) is 6.08 Å². The Morgan fingerprint density at radius 3 is 1.89 bits per heavy atom. The Bertz CT molecular complexity index is 287. The molecule has 3 heteroatoms. The van der Waals surface area contributed by atoms with E-state index >= 15 is 0 Å². The van der Waals surface area contributed by atoms with E-state index in [9.17, 15) is 4.79 Å². The van der Waals surface area contributed by atoms with E-state index in [2.05, 4.69) is 12.7 Å². The third-order valence-electron chi connectivity index (χ3n) is 5.18. The fourth-order valence-electron chi connectivity index (χ4n) is 3.97. The van der Waals surface area contributed by atoms with Gasteiger partial charge in [0.25, 0.3) is 0 Å². The van der Waals surface area contributed by atoms with Crippen LogP contribution in [-0.4, -0.2) is 11.1 Å². The number of hydrogen-bond donors (Lipinski definition) is 1. The fraction of sp³-hybridized carbons (Fsp3) is 0.812. The molecule has 0 aromatic carbocycles. The van der Waals surface area contributed by atoms with Crippen LogP contribution in [-0.2, 0) is 4.79 Å². The molecule has 0 heterocycles. The maximum absolute atomic E-state index is 10.9. The SMILES string of the molecule is C=CC[C@H]1CC[C@H]([C@H]2CC[C@H](C(=O)O)CC2)CC1.Cl. The summed E-state index contributed by atoms with van der Waals surface area (Å²) in [5, 5.41) is 9.02. The van der Waals surface area contributed by atoms with Gasteiger partial charge in [-0.3, -0.25) is 4.79 Å². The average Bonchev–Trinajstić information content (AvgIpc) is 2.40. The molecule has 0 amide bonds. The van der Waals surface area contributed by atoms with Gasteiger partial charge in [-0.2, -0.15) is 0 Å². The Balaban J connectivity index is 0.00000180. The molecule has 2 saturated carbocycles. The maximum atomic E-state index is 10.9. The van der Waals surface area contributed by atoms with Gasteiger partial charge in [-0.15, -0.1) is 19.0 Å². The molecule has 2 aliphatic carbocycles. The monoisotopic (exact) mass is 286 g/mol. The van der Waals surface area contributed by atoms with Crippen LogP contribution >= 0.6 is 12.4 Å². The van der Waals surface area contributed by atoms with E-state index in [1.54, 1.807) is 0 Å². The predicted molar refractivity (Wildman–Crippen MR) is 80.6 cm³/mol. The van der Waals surface area contributed by atoms with Crippen LogP contribution in [0.15, 0.2) is 12.7 Å². The molecule has 0 bridgehead atoms. The van der Waals surface area contributed by atoms with E-state index in [0.717, 1.165) is 43.4 Å². The van der Waals surface area contributed by atoms with Gasteiger partial charge in [-0.25, -0.2) is 0 Å². The molecule has 0 spiro atoms. The minimum atomic E-state index is -0.580. The van der Waals surface area contributed by atoms with Crippen molar-refractivity contribution in [1.29, 1.82) is 0 Å². The number of carboxylic acid groups (broad SMARTS) is 1. The van der Waals surface area contributed by atoms with Crippen LogP contribution in [0.1, 0.15) is 57.8 Å². The molecule has 0 aromatic heterocycles. The van der Waals surface area contributed by atoms with E-state index in [1.165, 1.54) is 32.1 Å². The largest absolute Gasteiger partial charge is 0.481 e. The summed E-state index contributed by atoms with van der Waals surface area (Å²) in [5.41, 5.74) is 0. The molecular weight excluding hydrogens is 260 g/mol. The maximum Gasteiger partial charge on any atom is 0.306 e. The fourth-order valence-corrected chi connectivity index (χ4v) is 3.97. The summed E-state index contributed by atoms with van der Waals surface area (Å²) in [7, 11) is 0. The van der Waals surface area contributed by atoms with Gasteiger partial charge < -0.3 is 5.11 Å². The van der Waals surface area contributed by atoms with Gasteiger partial charge in [0, 0.05) is 0 Å². The summed E-state index contributed by atoms with van der Waals surface area (Å²) in [5.74, 6) is 1.92. The van der Waals surface area contributed by atoms with Gasteiger partial charge >= 0.3 is 5.97 Å². The third kappa shape index (κ3) is 4.52. The zero-order valence-electron chi connectivity index (χ0n) is 11.7. The van der Waals surface area contributed by atoms with Crippen molar-refractivity contribution in [1.82, 2.24) is 0 Å². The lowest BCUT2D eigenvalue weighted by atomic mass is 9.69. The molecule has 2 aliphatic rings. The van der Waals surface area contributed by atoms with Gasteiger partial charge in [0.1, 0.15) is 0 Å². The molecular formula is C16H27ClO2. The second-order valence-corrected chi connectivity index (χ2v) is 6.26. The first-order valence-electron chi connectivity index (χ1n) is 7.54. The average molecular weight is 287 g/mol. The lowest BCUT2D eigenvalue weighted by molar-refractivity contribution is -0.143. The quantitative estimate of drug-likeness (QED) is 0.762. The van der Waals surface area contributed by atoms with Crippen molar-refractivity contribution in [2.24, 2.45) is 23.7 Å². The van der Waals surface area contributed by atoms with Gasteiger partial charge in [-0.05, 0) is 75.5 Å². The van der Waals surface area contributed by atoms with E-state index in [-0.39, 0.29) is 18.3 Å². The van der Waals surface area contributed by atoms with Crippen molar-refractivity contribution in [2.75, 3.05) is 0 Å². The smallest absolute Gasteiger partial charge is 0.306 e. The van der Waals surface area contributed by atoms with Crippen LogP contribution in [0.25, 0.3) is 0 Å². The number of allylic oxidation sites excluding steroid dienone is 1. The predicted octanol–water partition coefficient (Wildman–Crippen LogP) is 4.68. The molecule has 0 saturated heterocycles. The number of halogens is 1. The van der Waals surface area contributed by atoms with E-state index in [1.807, 2.05) is 0 Å². The number of carboxylic acids is 1. The van der Waals surface area contributed by atoms with Gasteiger partial charge in [0.15, 0.2) is 0 Å². The van der Waals surface area contributed by atoms with Crippen LogP contribution < -0.4 is 0 Å². The van der Waals surface area contributed by atoms with Crippen molar-refractivity contribution >= 4 is 18.4 Å². The van der Waals surface area contributed by atoms with Crippen molar-refractivity contribution < 1.29 is 9.90 Å². The highest BCUT2D eigenvalue weighted by atomic mass is 35.5. The standard InChI is InChI=1S/C16H26O2.ClH/c1-2-3-12-4-6-13(7-5-12)14-8-10-15(11-9-14)16(17)18;/h2,12-15H,1,3-11H2,(H,17,18);1H/t12-,13-,14-,15-;. The highest BCUT2D eigenvalue weighted by molar-refractivity contribution is 5.85. The Morgan fingerprint density at radius 2 is 1.47 bits per heavy atom. The topological polar surface area (TPSA) is 37.3 Å².